The van der Waals surface area contributed by atoms with Gasteiger partial charge in [0, 0.05) is 10.6 Å². The molecular formula is C19H23ClN2O2S. The predicted octanol–water partition coefficient (Wildman–Crippen LogP) is 4.74. The van der Waals surface area contributed by atoms with Gasteiger partial charge in [0.1, 0.15) is 5.75 Å². The first kappa shape index (κ1) is 19.5. The topological polar surface area (TPSA) is 64.3 Å². The van der Waals surface area contributed by atoms with E-state index in [1.807, 2.05) is 24.3 Å². The van der Waals surface area contributed by atoms with E-state index in [9.17, 15) is 4.79 Å². The Morgan fingerprint density at radius 2 is 1.84 bits per heavy atom. The fourth-order valence-corrected chi connectivity index (χ4v) is 4.47. The van der Waals surface area contributed by atoms with Crippen molar-refractivity contribution in [1.82, 2.24) is 0 Å². The van der Waals surface area contributed by atoms with Crippen molar-refractivity contribution in [2.24, 2.45) is 0 Å². The number of hydrogen-bond donors (Lipinski definition) is 2. The summed E-state index contributed by atoms with van der Waals surface area (Å²) in [5.74, 6) is 0.667. The van der Waals surface area contributed by atoms with Gasteiger partial charge in [-0.2, -0.15) is 0 Å². The summed E-state index contributed by atoms with van der Waals surface area (Å²) in [6, 6.07) is 15.5. The number of nitrogens with one attached hydrogen (secondary N) is 1. The van der Waals surface area contributed by atoms with E-state index in [2.05, 4.69) is 17.4 Å². The van der Waals surface area contributed by atoms with Crippen LogP contribution in [-0.2, 0) is 4.79 Å². The number of anilines is 2. The molecule has 0 unspecified atom stereocenters. The number of hydrogen-bond acceptors (Lipinski definition) is 4. The highest BCUT2D eigenvalue weighted by Gasteiger charge is 2.42. The van der Waals surface area contributed by atoms with Crippen molar-refractivity contribution in [3.63, 3.8) is 0 Å². The molecule has 3 N–H and O–H groups in total. The second kappa shape index (κ2) is 8.50. The molecule has 0 radical (unpaired) electrons. The fraction of sp³-hybridized carbons (Fsp3) is 0.316. The smallest absolute Gasteiger partial charge is 0.240 e. The van der Waals surface area contributed by atoms with Crippen molar-refractivity contribution in [1.29, 1.82) is 0 Å². The number of methoxy groups -OCH3 is 1. The molecule has 0 heterocycles. The molecule has 1 fully saturated rings. The largest absolute Gasteiger partial charge is 0.495 e. The van der Waals surface area contributed by atoms with Gasteiger partial charge in [-0.05, 0) is 43.2 Å². The maximum absolute atomic E-state index is 13.0. The van der Waals surface area contributed by atoms with Gasteiger partial charge in [-0.15, -0.1) is 24.2 Å². The van der Waals surface area contributed by atoms with Gasteiger partial charge in [0.05, 0.1) is 17.5 Å². The second-order valence-corrected chi connectivity index (χ2v) is 7.48. The molecule has 0 spiro atoms. The number of carbonyl (C=O) groups is 1. The molecule has 4 nitrogen and oxygen atoms in total. The maximum Gasteiger partial charge on any atom is 0.240 e. The Hall–Kier alpha value is -1.85. The summed E-state index contributed by atoms with van der Waals surface area (Å²) in [6.07, 6.45) is 3.95. The van der Waals surface area contributed by atoms with E-state index < -0.39 is 4.75 Å². The first-order valence-corrected chi connectivity index (χ1v) is 8.94. The zero-order chi connectivity index (χ0) is 17.0. The lowest BCUT2D eigenvalue weighted by molar-refractivity contribution is -0.118. The summed E-state index contributed by atoms with van der Waals surface area (Å²) in [5.41, 5.74) is 7.16. The third kappa shape index (κ3) is 4.41. The lowest BCUT2D eigenvalue weighted by Crippen LogP contribution is -2.37. The van der Waals surface area contributed by atoms with Crippen LogP contribution in [-0.4, -0.2) is 17.8 Å². The van der Waals surface area contributed by atoms with Crippen LogP contribution in [0.3, 0.4) is 0 Å². The van der Waals surface area contributed by atoms with Crippen LogP contribution >= 0.6 is 24.2 Å². The van der Waals surface area contributed by atoms with Crippen molar-refractivity contribution in [3.05, 3.63) is 48.5 Å². The highest BCUT2D eigenvalue weighted by molar-refractivity contribution is 8.01. The van der Waals surface area contributed by atoms with Gasteiger partial charge >= 0.3 is 0 Å². The Labute approximate surface area is 158 Å². The second-order valence-electron chi connectivity index (χ2n) is 6.03. The predicted molar refractivity (Wildman–Crippen MR) is 107 cm³/mol. The highest BCUT2D eigenvalue weighted by atomic mass is 35.5. The van der Waals surface area contributed by atoms with Gasteiger partial charge < -0.3 is 15.8 Å². The van der Waals surface area contributed by atoms with Gasteiger partial charge in [0.2, 0.25) is 5.91 Å². The van der Waals surface area contributed by atoms with Crippen molar-refractivity contribution in [3.8, 4) is 5.75 Å². The lowest BCUT2D eigenvalue weighted by atomic mass is 10.1. The molecule has 0 bridgehead atoms. The SMILES string of the molecule is COc1ccc(NC(=O)C2(Sc3ccccc3)CCCC2)cc1N.Cl. The molecule has 1 aliphatic carbocycles. The summed E-state index contributed by atoms with van der Waals surface area (Å²) in [7, 11) is 1.58. The van der Waals surface area contributed by atoms with Gasteiger partial charge in [-0.1, -0.05) is 31.0 Å². The number of benzene rings is 2. The first-order chi connectivity index (χ1) is 11.6. The average molecular weight is 379 g/mol. The van der Waals surface area contributed by atoms with E-state index in [1.54, 1.807) is 31.0 Å². The van der Waals surface area contributed by atoms with E-state index >= 15 is 0 Å². The number of halogens is 1. The number of nitrogen functional groups attached to an aromatic ring is 1. The minimum Gasteiger partial charge on any atom is -0.495 e. The third-order valence-corrected chi connectivity index (χ3v) is 5.86. The van der Waals surface area contributed by atoms with E-state index in [0.717, 1.165) is 30.6 Å². The van der Waals surface area contributed by atoms with E-state index in [1.165, 1.54) is 0 Å². The number of rotatable bonds is 5. The molecule has 0 aliphatic heterocycles. The molecule has 0 atom stereocenters. The fourth-order valence-electron chi connectivity index (χ4n) is 3.09. The van der Waals surface area contributed by atoms with Crippen molar-refractivity contribution < 1.29 is 9.53 Å². The first-order valence-electron chi connectivity index (χ1n) is 8.12. The minimum absolute atomic E-state index is 0. The molecule has 1 aliphatic rings. The standard InChI is InChI=1S/C19H22N2O2S.ClH/c1-23-17-10-9-14(13-16(17)20)21-18(22)19(11-5-6-12-19)24-15-7-3-2-4-8-15;/h2-4,7-10,13H,5-6,11-12,20H2,1H3,(H,21,22);1H. The number of thioether (sulfide) groups is 1. The van der Waals surface area contributed by atoms with Crippen LogP contribution in [0.4, 0.5) is 11.4 Å². The van der Waals surface area contributed by atoms with Crippen LogP contribution in [0.2, 0.25) is 0 Å². The molecule has 0 saturated heterocycles. The van der Waals surface area contributed by atoms with E-state index in [-0.39, 0.29) is 18.3 Å². The van der Waals surface area contributed by atoms with E-state index in [0.29, 0.717) is 17.1 Å². The number of ether oxygens (including phenoxy) is 1. The number of carbonyl (C=O) groups excluding carboxylic acids is 1. The molecule has 0 aromatic heterocycles. The quantitative estimate of drug-likeness (QED) is 0.737. The van der Waals surface area contributed by atoms with Gasteiger partial charge in [-0.3, -0.25) is 4.79 Å². The van der Waals surface area contributed by atoms with E-state index in [4.69, 9.17) is 10.5 Å². The average Bonchev–Trinajstić information content (AvgIpc) is 3.06. The minimum atomic E-state index is -0.407. The molecule has 3 rings (SSSR count). The molecule has 2 aromatic carbocycles. The molecular weight excluding hydrogens is 356 g/mol. The lowest BCUT2D eigenvalue weighted by Gasteiger charge is -2.27. The Bertz CT molecular complexity index is 719. The van der Waals surface area contributed by atoms with Gasteiger partial charge in [0.15, 0.2) is 0 Å². The Balaban J connectivity index is 0.00000225. The van der Waals surface area contributed by atoms with Crippen molar-refractivity contribution >= 4 is 41.5 Å². The molecule has 25 heavy (non-hydrogen) atoms. The van der Waals surface area contributed by atoms with Crippen molar-refractivity contribution in [2.45, 2.75) is 35.3 Å². The Morgan fingerprint density at radius 3 is 2.44 bits per heavy atom. The zero-order valence-electron chi connectivity index (χ0n) is 14.2. The van der Waals surface area contributed by atoms with Crippen LogP contribution in [0.5, 0.6) is 5.75 Å². The normalized spacial score (nSPS) is 15.2. The van der Waals surface area contributed by atoms with Gasteiger partial charge in [-0.25, -0.2) is 0 Å². The van der Waals surface area contributed by atoms with Gasteiger partial charge in [0.25, 0.3) is 0 Å². The summed E-state index contributed by atoms with van der Waals surface area (Å²) in [5, 5.41) is 3.04. The molecule has 6 heteroatoms. The molecule has 134 valence electrons. The third-order valence-electron chi connectivity index (χ3n) is 4.37. The van der Waals surface area contributed by atoms with Crippen LogP contribution in [0.25, 0.3) is 0 Å². The highest BCUT2D eigenvalue weighted by Crippen LogP contribution is 2.46. The molecule has 1 amide bonds. The van der Waals surface area contributed by atoms with Crippen LogP contribution in [0.15, 0.2) is 53.4 Å². The summed E-state index contributed by atoms with van der Waals surface area (Å²) in [4.78, 5) is 14.1. The Kier molecular flexibility index (Phi) is 6.62. The Morgan fingerprint density at radius 1 is 1.16 bits per heavy atom. The molecule has 1 saturated carbocycles. The van der Waals surface area contributed by atoms with Crippen LogP contribution in [0.1, 0.15) is 25.7 Å². The maximum atomic E-state index is 13.0. The number of nitrogens with two attached hydrogens (primary N) is 1. The zero-order valence-corrected chi connectivity index (χ0v) is 15.8. The van der Waals surface area contributed by atoms with Crippen LogP contribution < -0.4 is 15.8 Å². The summed E-state index contributed by atoms with van der Waals surface area (Å²) >= 11 is 1.67. The van der Waals surface area contributed by atoms with Crippen molar-refractivity contribution in [2.75, 3.05) is 18.2 Å². The molecule has 2 aromatic rings. The summed E-state index contributed by atoms with van der Waals surface area (Å²) in [6.45, 7) is 0. The monoisotopic (exact) mass is 378 g/mol. The number of amides is 1. The summed E-state index contributed by atoms with van der Waals surface area (Å²) < 4.78 is 4.76. The van der Waals surface area contributed by atoms with Crippen LogP contribution in [0, 0.1) is 0 Å².